The minimum atomic E-state index is -0.117. The van der Waals surface area contributed by atoms with E-state index in [2.05, 4.69) is 19.2 Å². The molecule has 6 nitrogen and oxygen atoms in total. The number of likely N-dealkylation sites (N-methyl/N-ethyl adjacent to an activating group) is 1. The number of carbonyl (C=O) groups excluding carboxylic acids is 2. The highest BCUT2D eigenvalue weighted by molar-refractivity contribution is 5.92. The van der Waals surface area contributed by atoms with Crippen LogP contribution < -0.4 is 5.32 Å². The second kappa shape index (κ2) is 8.80. The molecule has 1 saturated heterocycles. The molecule has 1 fully saturated rings. The van der Waals surface area contributed by atoms with Crippen LogP contribution in [0.4, 0.5) is 5.69 Å². The summed E-state index contributed by atoms with van der Waals surface area (Å²) in [6.45, 7) is 7.07. The van der Waals surface area contributed by atoms with E-state index >= 15 is 0 Å². The van der Waals surface area contributed by atoms with Crippen molar-refractivity contribution in [3.63, 3.8) is 0 Å². The van der Waals surface area contributed by atoms with Crippen LogP contribution in [0.25, 0.3) is 0 Å². The highest BCUT2D eigenvalue weighted by atomic mass is 16.5. The monoisotopic (exact) mass is 333 g/mol. The SMILES string of the molecule is CC(C)c1cccc(NC(=O)CN(C)CC(=O)N2CCOCC2)c1. The van der Waals surface area contributed by atoms with Gasteiger partial charge in [0.2, 0.25) is 11.8 Å². The van der Waals surface area contributed by atoms with E-state index < -0.39 is 0 Å². The van der Waals surface area contributed by atoms with E-state index in [1.54, 1.807) is 16.8 Å². The predicted molar refractivity (Wildman–Crippen MR) is 94.1 cm³/mol. The summed E-state index contributed by atoms with van der Waals surface area (Å²) in [4.78, 5) is 27.8. The molecule has 0 atom stereocenters. The Morgan fingerprint density at radius 1 is 1.25 bits per heavy atom. The number of carbonyl (C=O) groups is 2. The van der Waals surface area contributed by atoms with Crippen LogP contribution in [-0.2, 0) is 14.3 Å². The summed E-state index contributed by atoms with van der Waals surface area (Å²) in [6, 6.07) is 7.86. The van der Waals surface area contributed by atoms with E-state index in [1.807, 2.05) is 24.3 Å². The molecule has 0 aromatic heterocycles. The van der Waals surface area contributed by atoms with E-state index in [0.717, 1.165) is 5.69 Å². The van der Waals surface area contributed by atoms with Crippen molar-refractivity contribution in [3.05, 3.63) is 29.8 Å². The molecule has 0 bridgehead atoms. The van der Waals surface area contributed by atoms with Gasteiger partial charge in [-0.1, -0.05) is 26.0 Å². The molecule has 2 amide bonds. The Morgan fingerprint density at radius 2 is 1.96 bits per heavy atom. The lowest BCUT2D eigenvalue weighted by Gasteiger charge is -2.28. The molecular formula is C18H27N3O3. The first kappa shape index (κ1) is 18.4. The fourth-order valence-corrected chi connectivity index (χ4v) is 2.62. The fraction of sp³-hybridized carbons (Fsp3) is 0.556. The van der Waals surface area contributed by atoms with Crippen LogP contribution >= 0.6 is 0 Å². The largest absolute Gasteiger partial charge is 0.378 e. The highest BCUT2D eigenvalue weighted by Crippen LogP contribution is 2.18. The first-order chi connectivity index (χ1) is 11.5. The van der Waals surface area contributed by atoms with Gasteiger partial charge in [0, 0.05) is 18.8 Å². The fourth-order valence-electron chi connectivity index (χ4n) is 2.62. The molecular weight excluding hydrogens is 306 g/mol. The number of nitrogens with zero attached hydrogens (tertiary/aromatic N) is 2. The number of hydrogen-bond donors (Lipinski definition) is 1. The first-order valence-corrected chi connectivity index (χ1v) is 8.39. The standard InChI is InChI=1S/C18H27N3O3/c1-14(2)15-5-4-6-16(11-15)19-17(22)12-20(3)13-18(23)21-7-9-24-10-8-21/h4-6,11,14H,7-10,12-13H2,1-3H3,(H,19,22). The van der Waals surface area contributed by atoms with Crippen molar-refractivity contribution in [1.29, 1.82) is 0 Å². The normalized spacial score (nSPS) is 15.0. The number of ether oxygens (including phenoxy) is 1. The first-order valence-electron chi connectivity index (χ1n) is 8.39. The van der Waals surface area contributed by atoms with Gasteiger partial charge >= 0.3 is 0 Å². The lowest BCUT2D eigenvalue weighted by atomic mass is 10.0. The predicted octanol–water partition coefficient (Wildman–Crippen LogP) is 1.54. The van der Waals surface area contributed by atoms with Gasteiger partial charge in [-0.3, -0.25) is 14.5 Å². The van der Waals surface area contributed by atoms with Crippen molar-refractivity contribution in [3.8, 4) is 0 Å². The molecule has 0 unspecified atom stereocenters. The molecule has 0 saturated carbocycles. The van der Waals surface area contributed by atoms with Gasteiger partial charge in [-0.2, -0.15) is 0 Å². The second-order valence-corrected chi connectivity index (χ2v) is 6.49. The summed E-state index contributed by atoms with van der Waals surface area (Å²) in [5.74, 6) is 0.333. The third kappa shape index (κ3) is 5.62. The maximum Gasteiger partial charge on any atom is 0.238 e. The third-order valence-corrected chi connectivity index (χ3v) is 4.02. The van der Waals surface area contributed by atoms with Crippen molar-refractivity contribution in [1.82, 2.24) is 9.80 Å². The Balaban J connectivity index is 1.80. The van der Waals surface area contributed by atoms with Crippen LogP contribution in [0, 0.1) is 0 Å². The summed E-state index contributed by atoms with van der Waals surface area (Å²) >= 11 is 0. The van der Waals surface area contributed by atoms with Gasteiger partial charge in [0.15, 0.2) is 0 Å². The summed E-state index contributed by atoms with van der Waals surface area (Å²) in [5.41, 5.74) is 1.97. The number of benzene rings is 1. The summed E-state index contributed by atoms with van der Waals surface area (Å²) in [6.07, 6.45) is 0. The summed E-state index contributed by atoms with van der Waals surface area (Å²) < 4.78 is 5.24. The number of morpholine rings is 1. The van der Waals surface area contributed by atoms with Gasteiger partial charge in [-0.15, -0.1) is 0 Å². The topological polar surface area (TPSA) is 61.9 Å². The van der Waals surface area contributed by atoms with E-state index in [9.17, 15) is 9.59 Å². The Bertz CT molecular complexity index is 568. The van der Waals surface area contributed by atoms with E-state index in [0.29, 0.717) is 32.2 Å². The maximum atomic E-state index is 12.2. The molecule has 2 rings (SSSR count). The summed E-state index contributed by atoms with van der Waals surface area (Å²) in [5, 5.41) is 2.90. The number of amides is 2. The molecule has 1 aromatic carbocycles. The zero-order chi connectivity index (χ0) is 17.5. The molecule has 1 N–H and O–H groups in total. The lowest BCUT2D eigenvalue weighted by molar-refractivity contribution is -0.136. The second-order valence-electron chi connectivity index (χ2n) is 6.49. The van der Waals surface area contributed by atoms with E-state index in [1.165, 1.54) is 5.56 Å². The minimum absolute atomic E-state index is 0.0374. The number of nitrogens with one attached hydrogen (secondary N) is 1. The molecule has 1 heterocycles. The van der Waals surface area contributed by atoms with Gasteiger partial charge < -0.3 is 15.0 Å². The van der Waals surface area contributed by atoms with Gasteiger partial charge in [-0.25, -0.2) is 0 Å². The smallest absolute Gasteiger partial charge is 0.238 e. The third-order valence-electron chi connectivity index (χ3n) is 4.02. The molecule has 0 radical (unpaired) electrons. The number of anilines is 1. The average Bonchev–Trinajstić information content (AvgIpc) is 2.55. The van der Waals surface area contributed by atoms with Crippen molar-refractivity contribution in [2.24, 2.45) is 0 Å². The van der Waals surface area contributed by atoms with Crippen LogP contribution in [0.5, 0.6) is 0 Å². The number of hydrogen-bond acceptors (Lipinski definition) is 4. The van der Waals surface area contributed by atoms with Crippen LogP contribution in [-0.4, -0.2) is 68.1 Å². The molecule has 0 spiro atoms. The van der Waals surface area contributed by atoms with Crippen molar-refractivity contribution < 1.29 is 14.3 Å². The Labute approximate surface area is 143 Å². The molecule has 1 aliphatic heterocycles. The molecule has 132 valence electrons. The van der Waals surface area contributed by atoms with Crippen LogP contribution in [0.15, 0.2) is 24.3 Å². The van der Waals surface area contributed by atoms with Crippen LogP contribution in [0.1, 0.15) is 25.3 Å². The van der Waals surface area contributed by atoms with Gasteiger partial charge in [0.1, 0.15) is 0 Å². The molecule has 0 aliphatic carbocycles. The van der Waals surface area contributed by atoms with Gasteiger partial charge in [0.25, 0.3) is 0 Å². The van der Waals surface area contributed by atoms with Crippen LogP contribution in [0.3, 0.4) is 0 Å². The van der Waals surface area contributed by atoms with E-state index in [-0.39, 0.29) is 24.9 Å². The Hall–Kier alpha value is -1.92. The minimum Gasteiger partial charge on any atom is -0.378 e. The van der Waals surface area contributed by atoms with Gasteiger partial charge in [-0.05, 0) is 30.7 Å². The lowest BCUT2D eigenvalue weighted by Crippen LogP contribution is -2.46. The zero-order valence-electron chi connectivity index (χ0n) is 14.7. The maximum absolute atomic E-state index is 12.2. The molecule has 6 heteroatoms. The zero-order valence-corrected chi connectivity index (χ0v) is 14.7. The molecule has 1 aromatic rings. The Kier molecular flexibility index (Phi) is 6.75. The van der Waals surface area contributed by atoms with Crippen LogP contribution in [0.2, 0.25) is 0 Å². The molecule has 24 heavy (non-hydrogen) atoms. The summed E-state index contributed by atoms with van der Waals surface area (Å²) in [7, 11) is 1.78. The van der Waals surface area contributed by atoms with Gasteiger partial charge in [0.05, 0.1) is 26.3 Å². The molecule has 1 aliphatic rings. The van der Waals surface area contributed by atoms with Crippen molar-refractivity contribution in [2.75, 3.05) is 51.8 Å². The Morgan fingerprint density at radius 3 is 2.62 bits per heavy atom. The van der Waals surface area contributed by atoms with Crippen molar-refractivity contribution in [2.45, 2.75) is 19.8 Å². The average molecular weight is 333 g/mol. The highest BCUT2D eigenvalue weighted by Gasteiger charge is 2.19. The number of rotatable bonds is 6. The van der Waals surface area contributed by atoms with E-state index in [4.69, 9.17) is 4.74 Å². The van der Waals surface area contributed by atoms with Crippen molar-refractivity contribution >= 4 is 17.5 Å². The quantitative estimate of drug-likeness (QED) is 0.858.